The van der Waals surface area contributed by atoms with E-state index in [1.54, 1.807) is 0 Å². The van der Waals surface area contributed by atoms with Crippen molar-refractivity contribution in [1.29, 1.82) is 5.41 Å². The first-order chi connectivity index (χ1) is 6.18. The number of rotatable bonds is 4. The molecule has 1 aromatic rings. The van der Waals surface area contributed by atoms with Crippen LogP contribution in [0.2, 0.25) is 0 Å². The maximum absolute atomic E-state index is 6.99. The van der Waals surface area contributed by atoms with Crippen LogP contribution < -0.4 is 10.5 Å². The average molecular weight is 243 g/mol. The van der Waals surface area contributed by atoms with Crippen LogP contribution in [0.3, 0.4) is 0 Å². The lowest BCUT2D eigenvalue weighted by molar-refractivity contribution is 0.328. The fourth-order valence-electron chi connectivity index (χ4n) is 0.836. The molecular formula is C9H11BrN2O. The smallest absolute Gasteiger partial charge is 0.120 e. The van der Waals surface area contributed by atoms with Crippen molar-refractivity contribution in [3.8, 4) is 5.75 Å². The number of benzene rings is 1. The molecular weight excluding hydrogens is 232 g/mol. The minimum atomic E-state index is 0.148. The summed E-state index contributed by atoms with van der Waals surface area (Å²) in [6.07, 6.45) is 0.465. The summed E-state index contributed by atoms with van der Waals surface area (Å²) in [6.45, 7) is 0.450. The van der Waals surface area contributed by atoms with Gasteiger partial charge in [0.05, 0.1) is 12.4 Å². The number of ether oxygens (including phenoxy) is 1. The van der Waals surface area contributed by atoms with Gasteiger partial charge in [0.2, 0.25) is 0 Å². The Kier molecular flexibility index (Phi) is 3.76. The van der Waals surface area contributed by atoms with Crippen molar-refractivity contribution < 1.29 is 4.74 Å². The maximum atomic E-state index is 6.99. The van der Waals surface area contributed by atoms with Gasteiger partial charge in [-0.05, 0) is 18.2 Å². The number of amidine groups is 1. The molecule has 1 aromatic carbocycles. The first-order valence-electron chi connectivity index (χ1n) is 3.90. The van der Waals surface area contributed by atoms with Crippen molar-refractivity contribution in [2.24, 2.45) is 5.73 Å². The highest BCUT2D eigenvalue weighted by atomic mass is 79.9. The van der Waals surface area contributed by atoms with E-state index in [2.05, 4.69) is 15.9 Å². The van der Waals surface area contributed by atoms with E-state index in [0.29, 0.717) is 13.0 Å². The lowest BCUT2D eigenvalue weighted by Gasteiger charge is -2.04. The Bertz CT molecular complexity index is 301. The van der Waals surface area contributed by atoms with Crippen molar-refractivity contribution in [2.75, 3.05) is 6.61 Å². The summed E-state index contributed by atoms with van der Waals surface area (Å²) in [5, 5.41) is 6.99. The van der Waals surface area contributed by atoms with Gasteiger partial charge >= 0.3 is 0 Å². The molecule has 0 spiro atoms. The van der Waals surface area contributed by atoms with Gasteiger partial charge in [0, 0.05) is 10.9 Å². The third-order valence-electron chi connectivity index (χ3n) is 1.44. The Morgan fingerprint density at radius 1 is 1.54 bits per heavy atom. The number of nitrogens with two attached hydrogens (primary N) is 1. The summed E-state index contributed by atoms with van der Waals surface area (Å²) in [5.41, 5.74) is 5.18. The average Bonchev–Trinajstić information content (AvgIpc) is 2.03. The molecule has 13 heavy (non-hydrogen) atoms. The Morgan fingerprint density at radius 2 is 2.31 bits per heavy atom. The molecule has 0 saturated carbocycles. The quantitative estimate of drug-likeness (QED) is 0.628. The fraction of sp³-hybridized carbons (Fsp3) is 0.222. The van der Waals surface area contributed by atoms with Crippen molar-refractivity contribution in [3.63, 3.8) is 0 Å². The largest absolute Gasteiger partial charge is 0.493 e. The standard InChI is InChI=1S/C9H11BrN2O/c10-7-2-1-3-8(6-7)13-5-4-9(11)12/h1-3,6H,4-5H2,(H3,11,12). The molecule has 0 heterocycles. The van der Waals surface area contributed by atoms with Crippen LogP contribution in [0.25, 0.3) is 0 Å². The number of hydrogen-bond acceptors (Lipinski definition) is 2. The number of halogens is 1. The molecule has 0 aliphatic carbocycles. The second-order valence-electron chi connectivity index (χ2n) is 2.58. The highest BCUT2D eigenvalue weighted by Gasteiger charge is 1.95. The molecule has 0 aliphatic rings. The Hall–Kier alpha value is -1.03. The summed E-state index contributed by atoms with van der Waals surface area (Å²) < 4.78 is 6.33. The summed E-state index contributed by atoms with van der Waals surface area (Å²) >= 11 is 3.34. The molecule has 0 saturated heterocycles. The zero-order valence-corrected chi connectivity index (χ0v) is 8.67. The fourth-order valence-corrected chi connectivity index (χ4v) is 1.21. The van der Waals surface area contributed by atoms with Crippen molar-refractivity contribution >= 4 is 21.8 Å². The van der Waals surface area contributed by atoms with E-state index in [1.807, 2.05) is 24.3 Å². The van der Waals surface area contributed by atoms with E-state index >= 15 is 0 Å². The summed E-state index contributed by atoms with van der Waals surface area (Å²) in [4.78, 5) is 0. The van der Waals surface area contributed by atoms with Gasteiger partial charge in [0.15, 0.2) is 0 Å². The maximum Gasteiger partial charge on any atom is 0.120 e. The van der Waals surface area contributed by atoms with E-state index < -0.39 is 0 Å². The second-order valence-corrected chi connectivity index (χ2v) is 3.50. The topological polar surface area (TPSA) is 59.1 Å². The number of nitrogens with one attached hydrogen (secondary N) is 1. The first-order valence-corrected chi connectivity index (χ1v) is 4.69. The van der Waals surface area contributed by atoms with Crippen molar-refractivity contribution in [3.05, 3.63) is 28.7 Å². The monoisotopic (exact) mass is 242 g/mol. The predicted octanol–water partition coefficient (Wildman–Crippen LogP) is 2.15. The highest BCUT2D eigenvalue weighted by molar-refractivity contribution is 9.10. The zero-order chi connectivity index (χ0) is 9.68. The SMILES string of the molecule is N=C(N)CCOc1cccc(Br)c1. The Balaban J connectivity index is 2.41. The minimum Gasteiger partial charge on any atom is -0.493 e. The van der Waals surface area contributed by atoms with Gasteiger partial charge in [0.1, 0.15) is 5.75 Å². The van der Waals surface area contributed by atoms with E-state index in [4.69, 9.17) is 15.9 Å². The molecule has 0 unspecified atom stereocenters. The van der Waals surface area contributed by atoms with Gasteiger partial charge in [0.25, 0.3) is 0 Å². The molecule has 0 atom stereocenters. The van der Waals surface area contributed by atoms with Crippen LogP contribution >= 0.6 is 15.9 Å². The molecule has 0 aliphatic heterocycles. The summed E-state index contributed by atoms with van der Waals surface area (Å²) in [6, 6.07) is 7.57. The third kappa shape index (κ3) is 3.94. The first kappa shape index (κ1) is 10.1. The molecule has 0 bridgehead atoms. The summed E-state index contributed by atoms with van der Waals surface area (Å²) in [7, 11) is 0. The van der Waals surface area contributed by atoms with E-state index in [-0.39, 0.29) is 5.84 Å². The molecule has 0 radical (unpaired) electrons. The predicted molar refractivity (Wildman–Crippen MR) is 56.2 cm³/mol. The Labute approximate surface area is 85.5 Å². The van der Waals surface area contributed by atoms with Crippen molar-refractivity contribution in [2.45, 2.75) is 6.42 Å². The van der Waals surface area contributed by atoms with Gasteiger partial charge in [-0.1, -0.05) is 22.0 Å². The molecule has 0 aromatic heterocycles. The van der Waals surface area contributed by atoms with E-state index in [0.717, 1.165) is 10.2 Å². The van der Waals surface area contributed by atoms with Gasteiger partial charge in [-0.15, -0.1) is 0 Å². The van der Waals surface area contributed by atoms with Gasteiger partial charge in [-0.25, -0.2) is 0 Å². The zero-order valence-electron chi connectivity index (χ0n) is 7.09. The molecule has 0 amide bonds. The van der Waals surface area contributed by atoms with Crippen LogP contribution in [0.1, 0.15) is 6.42 Å². The van der Waals surface area contributed by atoms with E-state index in [9.17, 15) is 0 Å². The van der Waals surface area contributed by atoms with Crippen LogP contribution in [-0.4, -0.2) is 12.4 Å². The van der Waals surface area contributed by atoms with Crippen LogP contribution in [0.5, 0.6) is 5.75 Å². The molecule has 3 N–H and O–H groups in total. The summed E-state index contributed by atoms with van der Waals surface area (Å²) in [5.74, 6) is 0.936. The normalized spacial score (nSPS) is 9.62. The lowest BCUT2D eigenvalue weighted by Crippen LogP contribution is -2.13. The number of hydrogen-bond donors (Lipinski definition) is 2. The van der Waals surface area contributed by atoms with Crippen LogP contribution in [0, 0.1) is 5.41 Å². The third-order valence-corrected chi connectivity index (χ3v) is 1.93. The minimum absolute atomic E-state index is 0.148. The molecule has 3 nitrogen and oxygen atoms in total. The van der Waals surface area contributed by atoms with Gasteiger partial charge in [-0.2, -0.15) is 0 Å². The molecule has 0 fully saturated rings. The van der Waals surface area contributed by atoms with Gasteiger partial charge < -0.3 is 10.5 Å². The Morgan fingerprint density at radius 3 is 2.92 bits per heavy atom. The lowest BCUT2D eigenvalue weighted by atomic mass is 10.3. The second kappa shape index (κ2) is 4.87. The molecule has 1 rings (SSSR count). The van der Waals surface area contributed by atoms with Crippen molar-refractivity contribution in [1.82, 2.24) is 0 Å². The van der Waals surface area contributed by atoms with Crippen LogP contribution in [-0.2, 0) is 0 Å². The molecule has 70 valence electrons. The highest BCUT2D eigenvalue weighted by Crippen LogP contribution is 2.17. The molecule has 4 heteroatoms. The van der Waals surface area contributed by atoms with Gasteiger partial charge in [-0.3, -0.25) is 5.41 Å². The van der Waals surface area contributed by atoms with Crippen LogP contribution in [0.15, 0.2) is 28.7 Å². The van der Waals surface area contributed by atoms with E-state index in [1.165, 1.54) is 0 Å². The van der Waals surface area contributed by atoms with Crippen LogP contribution in [0.4, 0.5) is 0 Å².